The first kappa shape index (κ1) is 21.6. The third-order valence-electron chi connectivity index (χ3n) is 5.93. The zero-order valence-corrected chi connectivity index (χ0v) is 20.0. The van der Waals surface area contributed by atoms with Crippen molar-refractivity contribution in [2.75, 3.05) is 11.1 Å². The molecule has 7 nitrogen and oxygen atoms in total. The topological polar surface area (TPSA) is 101 Å². The highest BCUT2D eigenvalue weighted by molar-refractivity contribution is 7.99. The second-order valence-electron chi connectivity index (χ2n) is 8.27. The van der Waals surface area contributed by atoms with E-state index in [1.807, 2.05) is 47.8 Å². The molecule has 1 aliphatic carbocycles. The molecule has 0 spiro atoms. The lowest BCUT2D eigenvalue weighted by molar-refractivity contribution is -0.113. The smallest absolute Gasteiger partial charge is 0.267 e. The molecule has 3 aromatic heterocycles. The number of nitrogens with one attached hydrogen (secondary N) is 1. The highest BCUT2D eigenvalue weighted by atomic mass is 32.2. The molecular weight excluding hydrogens is 480 g/mol. The first-order valence-corrected chi connectivity index (χ1v) is 12.9. The second kappa shape index (κ2) is 8.73. The van der Waals surface area contributed by atoms with Crippen molar-refractivity contribution >= 4 is 55.9 Å². The van der Waals surface area contributed by atoms with Crippen molar-refractivity contribution in [2.45, 2.75) is 23.9 Å². The van der Waals surface area contributed by atoms with E-state index in [9.17, 15) is 14.9 Å². The van der Waals surface area contributed by atoms with Crippen molar-refractivity contribution in [1.82, 2.24) is 9.55 Å². The Labute approximate surface area is 208 Å². The average Bonchev–Trinajstić information content (AvgIpc) is 3.54. The highest BCUT2D eigenvalue weighted by Gasteiger charge is 2.29. The van der Waals surface area contributed by atoms with E-state index in [4.69, 9.17) is 9.40 Å². The summed E-state index contributed by atoms with van der Waals surface area (Å²) >= 11 is 2.66. The van der Waals surface area contributed by atoms with E-state index >= 15 is 0 Å². The summed E-state index contributed by atoms with van der Waals surface area (Å²) in [7, 11) is 0. The van der Waals surface area contributed by atoms with E-state index in [-0.39, 0.29) is 23.0 Å². The van der Waals surface area contributed by atoms with Gasteiger partial charge in [-0.25, -0.2) is 4.98 Å². The standard InChI is InChI=1S/C26H18N4O3S2/c27-12-20-23(17-8-4-5-9-19(17)33-20)28-21(31)14-35-26-29-24-22(18(13-34-24)15-10-11-15)25(32)30(26)16-6-2-1-3-7-16/h1-9,13,15H,10-11,14H2,(H,28,31). The van der Waals surface area contributed by atoms with Gasteiger partial charge in [-0.1, -0.05) is 42.1 Å². The van der Waals surface area contributed by atoms with Crippen LogP contribution in [0.25, 0.3) is 26.9 Å². The van der Waals surface area contributed by atoms with Gasteiger partial charge in [0.25, 0.3) is 5.56 Å². The number of para-hydroxylation sites is 2. The van der Waals surface area contributed by atoms with Crippen LogP contribution in [-0.4, -0.2) is 21.2 Å². The van der Waals surface area contributed by atoms with Crippen LogP contribution in [0.5, 0.6) is 0 Å². The van der Waals surface area contributed by atoms with Gasteiger partial charge in [-0.15, -0.1) is 11.3 Å². The molecule has 3 heterocycles. The molecule has 1 saturated carbocycles. The Morgan fingerprint density at radius 3 is 2.74 bits per heavy atom. The van der Waals surface area contributed by atoms with Crippen molar-refractivity contribution < 1.29 is 9.21 Å². The first-order chi connectivity index (χ1) is 17.1. The van der Waals surface area contributed by atoms with Gasteiger partial charge in [0.2, 0.25) is 11.7 Å². The van der Waals surface area contributed by atoms with Gasteiger partial charge in [0, 0.05) is 5.39 Å². The quantitative estimate of drug-likeness (QED) is 0.239. The molecule has 172 valence electrons. The zero-order valence-electron chi connectivity index (χ0n) is 18.4. The minimum atomic E-state index is -0.322. The molecule has 9 heteroatoms. The molecule has 2 aromatic carbocycles. The molecule has 0 bridgehead atoms. The normalized spacial score (nSPS) is 13.2. The molecule has 5 aromatic rings. The summed E-state index contributed by atoms with van der Waals surface area (Å²) < 4.78 is 7.13. The molecular formula is C26H18N4O3S2. The van der Waals surface area contributed by atoms with Crippen LogP contribution in [-0.2, 0) is 4.79 Å². The van der Waals surface area contributed by atoms with Crippen LogP contribution in [0.3, 0.4) is 0 Å². The van der Waals surface area contributed by atoms with Crippen molar-refractivity contribution in [3.8, 4) is 11.8 Å². The van der Waals surface area contributed by atoms with Crippen LogP contribution in [0.15, 0.2) is 74.3 Å². The Morgan fingerprint density at radius 1 is 1.20 bits per heavy atom. The fourth-order valence-corrected chi connectivity index (χ4v) is 6.02. The molecule has 6 rings (SSSR count). The molecule has 0 unspecified atom stereocenters. The average molecular weight is 499 g/mol. The summed E-state index contributed by atoms with van der Waals surface area (Å²) in [5, 5.41) is 16.1. The Bertz CT molecular complexity index is 1690. The zero-order chi connectivity index (χ0) is 23.9. The van der Waals surface area contributed by atoms with Crippen LogP contribution in [0.1, 0.15) is 30.1 Å². The van der Waals surface area contributed by atoms with Crippen molar-refractivity contribution in [2.24, 2.45) is 0 Å². The van der Waals surface area contributed by atoms with Crippen LogP contribution in [0, 0.1) is 11.3 Å². The lowest BCUT2D eigenvalue weighted by Crippen LogP contribution is -2.23. The fourth-order valence-electron chi connectivity index (χ4n) is 4.14. The molecule has 0 atom stereocenters. The van der Waals surface area contributed by atoms with Gasteiger partial charge in [-0.3, -0.25) is 14.2 Å². The summed E-state index contributed by atoms with van der Waals surface area (Å²) in [5.74, 6) is 0.176. The third-order valence-corrected chi connectivity index (χ3v) is 7.76. The van der Waals surface area contributed by atoms with Crippen LogP contribution in [0.4, 0.5) is 5.69 Å². The summed E-state index contributed by atoms with van der Waals surface area (Å²) in [5.41, 5.74) is 2.55. The Hall–Kier alpha value is -3.87. The number of hydrogen-bond donors (Lipinski definition) is 1. The van der Waals surface area contributed by atoms with Crippen molar-refractivity contribution in [1.29, 1.82) is 5.26 Å². The lowest BCUT2D eigenvalue weighted by atomic mass is 10.1. The molecule has 0 aliphatic heterocycles. The van der Waals surface area contributed by atoms with E-state index in [0.29, 0.717) is 43.6 Å². The predicted molar refractivity (Wildman–Crippen MR) is 137 cm³/mol. The number of thiophene rings is 1. The maximum atomic E-state index is 13.7. The van der Waals surface area contributed by atoms with Gasteiger partial charge in [0.1, 0.15) is 22.2 Å². The number of carbonyl (C=O) groups excluding carboxylic acids is 1. The molecule has 0 saturated heterocycles. The molecule has 0 radical (unpaired) electrons. The lowest BCUT2D eigenvalue weighted by Gasteiger charge is -2.12. The van der Waals surface area contributed by atoms with Gasteiger partial charge in [0.05, 0.1) is 16.8 Å². The number of fused-ring (bicyclic) bond motifs is 2. The highest BCUT2D eigenvalue weighted by Crippen LogP contribution is 2.44. The van der Waals surface area contributed by atoms with E-state index in [1.54, 1.807) is 22.8 Å². The number of anilines is 1. The summed E-state index contributed by atoms with van der Waals surface area (Å²) in [6.07, 6.45) is 2.20. The Morgan fingerprint density at radius 2 is 1.97 bits per heavy atom. The number of hydrogen-bond acceptors (Lipinski definition) is 7. The number of rotatable bonds is 6. The van der Waals surface area contributed by atoms with E-state index < -0.39 is 0 Å². The van der Waals surface area contributed by atoms with Crippen molar-refractivity contribution in [3.05, 3.63) is 81.7 Å². The third kappa shape index (κ3) is 3.91. The second-order valence-corrected chi connectivity index (χ2v) is 10.1. The van der Waals surface area contributed by atoms with Crippen molar-refractivity contribution in [3.63, 3.8) is 0 Å². The van der Waals surface area contributed by atoms with Gasteiger partial charge >= 0.3 is 0 Å². The number of thioether (sulfide) groups is 1. The Balaban J connectivity index is 1.34. The summed E-state index contributed by atoms with van der Waals surface area (Å²) in [6.45, 7) is 0. The molecule has 1 aliphatic rings. The van der Waals surface area contributed by atoms with Gasteiger partial charge in [-0.05, 0) is 54.0 Å². The van der Waals surface area contributed by atoms with Gasteiger partial charge < -0.3 is 9.73 Å². The van der Waals surface area contributed by atoms with Crippen LogP contribution >= 0.6 is 23.1 Å². The molecule has 1 amide bonds. The van der Waals surface area contributed by atoms with Gasteiger partial charge in [0.15, 0.2) is 5.16 Å². The number of benzene rings is 2. The number of carbonyl (C=O) groups is 1. The number of nitriles is 1. The fraction of sp³-hybridized carbons (Fsp3) is 0.154. The van der Waals surface area contributed by atoms with Crippen LogP contribution < -0.4 is 10.9 Å². The number of aromatic nitrogens is 2. The monoisotopic (exact) mass is 498 g/mol. The number of nitrogens with zero attached hydrogens (tertiary/aromatic N) is 3. The minimum Gasteiger partial charge on any atom is -0.443 e. The molecule has 1 N–H and O–H groups in total. The number of amides is 1. The maximum Gasteiger partial charge on any atom is 0.267 e. The molecule has 1 fully saturated rings. The van der Waals surface area contributed by atoms with E-state index in [0.717, 1.165) is 18.4 Å². The maximum absolute atomic E-state index is 13.7. The SMILES string of the molecule is N#Cc1oc2ccccc2c1NC(=O)CSc1nc2scc(C3CC3)c2c(=O)n1-c1ccccc1. The van der Waals surface area contributed by atoms with E-state index in [1.165, 1.54) is 23.1 Å². The largest absolute Gasteiger partial charge is 0.443 e. The molecule has 35 heavy (non-hydrogen) atoms. The minimum absolute atomic E-state index is 0.00993. The summed E-state index contributed by atoms with van der Waals surface area (Å²) in [6, 6.07) is 18.5. The van der Waals surface area contributed by atoms with E-state index in [2.05, 4.69) is 5.32 Å². The van der Waals surface area contributed by atoms with Crippen LogP contribution in [0.2, 0.25) is 0 Å². The summed E-state index contributed by atoms with van der Waals surface area (Å²) in [4.78, 5) is 32.0. The first-order valence-electron chi connectivity index (χ1n) is 11.1. The van der Waals surface area contributed by atoms with Gasteiger partial charge in [-0.2, -0.15) is 5.26 Å². The Kier molecular flexibility index (Phi) is 5.40. The number of furan rings is 1. The predicted octanol–water partition coefficient (Wildman–Crippen LogP) is 5.67.